The Balaban J connectivity index is 2.39. The number of β-amino-alcohol motifs (C(OH)–C–C–N with tert-alkyl or cyclic N) is 1. The van der Waals surface area contributed by atoms with Crippen LogP contribution in [0.4, 0.5) is 38.0 Å². The van der Waals surface area contributed by atoms with Crippen LogP contribution in [0, 0.1) is 0 Å². The first-order valence-corrected chi connectivity index (χ1v) is 7.94. The largest absolute Gasteiger partial charge is 0.484 e. The van der Waals surface area contributed by atoms with Gasteiger partial charge in [0.25, 0.3) is 0 Å². The molecule has 1 fully saturated rings. The van der Waals surface area contributed by atoms with Crippen LogP contribution in [-0.4, -0.2) is 52.5 Å². The number of carbonyl (C=O) groups is 1. The number of hydrogen-bond acceptors (Lipinski definition) is 6. The summed E-state index contributed by atoms with van der Waals surface area (Å²) in [4.78, 5) is 19.4. The number of aliphatic hydroxyl groups excluding tert-OH is 1. The molecule has 1 aliphatic heterocycles. The molecule has 0 spiro atoms. The van der Waals surface area contributed by atoms with Gasteiger partial charge >= 0.3 is 12.5 Å². The Hall–Kier alpha value is -2.31. The SMILES string of the molecule is CCCNc1cc(N2C[C@@H](O)C[C@H]2C(=O)NC(F)(F)F)nc(C(F)(F)F)n1. The summed E-state index contributed by atoms with van der Waals surface area (Å²) in [5, 5.41) is 13.2. The first-order valence-electron chi connectivity index (χ1n) is 7.94. The molecule has 2 rings (SSSR count). The van der Waals surface area contributed by atoms with Gasteiger partial charge in [0.15, 0.2) is 0 Å². The molecule has 27 heavy (non-hydrogen) atoms. The summed E-state index contributed by atoms with van der Waals surface area (Å²) < 4.78 is 76.4. The van der Waals surface area contributed by atoms with E-state index in [9.17, 15) is 36.2 Å². The van der Waals surface area contributed by atoms with Crippen LogP contribution in [0.25, 0.3) is 0 Å². The fraction of sp³-hybridized carbons (Fsp3) is 0.643. The summed E-state index contributed by atoms with van der Waals surface area (Å²) in [5.41, 5.74) is 0. The average molecular weight is 401 g/mol. The van der Waals surface area contributed by atoms with Crippen LogP contribution >= 0.6 is 0 Å². The van der Waals surface area contributed by atoms with E-state index in [1.54, 1.807) is 6.92 Å². The molecule has 0 bridgehead atoms. The molecular weight excluding hydrogens is 384 g/mol. The molecule has 0 radical (unpaired) electrons. The van der Waals surface area contributed by atoms with Gasteiger partial charge in [-0.2, -0.15) is 26.3 Å². The topological polar surface area (TPSA) is 90.4 Å². The van der Waals surface area contributed by atoms with Gasteiger partial charge in [-0.05, 0) is 6.42 Å². The number of rotatable bonds is 5. The molecule has 7 nitrogen and oxygen atoms in total. The Kier molecular flexibility index (Phi) is 6.02. The van der Waals surface area contributed by atoms with Crippen molar-refractivity contribution in [1.82, 2.24) is 15.3 Å². The Morgan fingerprint density at radius 1 is 1.30 bits per heavy atom. The van der Waals surface area contributed by atoms with E-state index in [0.717, 1.165) is 16.3 Å². The van der Waals surface area contributed by atoms with E-state index in [1.165, 1.54) is 0 Å². The molecule has 1 aromatic heterocycles. The van der Waals surface area contributed by atoms with Crippen molar-refractivity contribution in [3.63, 3.8) is 0 Å². The molecule has 0 aromatic carbocycles. The van der Waals surface area contributed by atoms with Crippen molar-refractivity contribution >= 4 is 17.5 Å². The first-order chi connectivity index (χ1) is 12.4. The van der Waals surface area contributed by atoms with Crippen molar-refractivity contribution in [3.05, 3.63) is 11.9 Å². The molecule has 1 aromatic rings. The molecule has 152 valence electrons. The molecular formula is C14H17F6N5O2. The predicted molar refractivity (Wildman–Crippen MR) is 81.8 cm³/mol. The number of hydrogen-bond donors (Lipinski definition) is 3. The van der Waals surface area contributed by atoms with Gasteiger partial charge in [0.05, 0.1) is 6.10 Å². The van der Waals surface area contributed by atoms with E-state index < -0.39 is 42.2 Å². The summed E-state index contributed by atoms with van der Waals surface area (Å²) in [7, 11) is 0. The maximum atomic E-state index is 13.1. The van der Waals surface area contributed by atoms with Crippen LogP contribution in [0.5, 0.6) is 0 Å². The quantitative estimate of drug-likeness (QED) is 0.516. The molecule has 0 saturated carbocycles. The Morgan fingerprint density at radius 2 is 1.96 bits per heavy atom. The van der Waals surface area contributed by atoms with Gasteiger partial charge < -0.3 is 15.3 Å². The van der Waals surface area contributed by atoms with Crippen molar-refractivity contribution in [2.24, 2.45) is 0 Å². The fourth-order valence-corrected chi connectivity index (χ4v) is 2.59. The Bertz CT molecular complexity index is 681. The van der Waals surface area contributed by atoms with Crippen LogP contribution < -0.4 is 15.5 Å². The van der Waals surface area contributed by atoms with E-state index in [-0.39, 0.29) is 18.8 Å². The van der Waals surface area contributed by atoms with Crippen LogP contribution in [0.15, 0.2) is 6.07 Å². The summed E-state index contributed by atoms with van der Waals surface area (Å²) >= 11 is 0. The van der Waals surface area contributed by atoms with E-state index in [2.05, 4.69) is 15.3 Å². The van der Waals surface area contributed by atoms with E-state index >= 15 is 0 Å². The lowest BCUT2D eigenvalue weighted by molar-refractivity contribution is -0.170. The van der Waals surface area contributed by atoms with Crippen molar-refractivity contribution < 1.29 is 36.2 Å². The number of nitrogens with one attached hydrogen (secondary N) is 2. The van der Waals surface area contributed by atoms with Crippen molar-refractivity contribution in [3.8, 4) is 0 Å². The third-order valence-electron chi connectivity index (χ3n) is 3.66. The Morgan fingerprint density at radius 3 is 2.52 bits per heavy atom. The number of amides is 1. The van der Waals surface area contributed by atoms with Gasteiger partial charge in [0, 0.05) is 25.6 Å². The van der Waals surface area contributed by atoms with Gasteiger partial charge in [0.2, 0.25) is 11.7 Å². The van der Waals surface area contributed by atoms with Crippen LogP contribution in [0.2, 0.25) is 0 Å². The summed E-state index contributed by atoms with van der Waals surface area (Å²) in [6.45, 7) is 1.72. The molecule has 0 aliphatic carbocycles. The van der Waals surface area contributed by atoms with Crippen LogP contribution in [0.3, 0.4) is 0 Å². The lowest BCUT2D eigenvalue weighted by atomic mass is 10.2. The normalized spacial score (nSPS) is 20.7. The molecule has 3 N–H and O–H groups in total. The number of alkyl halides is 6. The predicted octanol–water partition coefficient (Wildman–Crippen LogP) is 1.89. The molecule has 1 saturated heterocycles. The zero-order valence-electron chi connectivity index (χ0n) is 14.0. The maximum Gasteiger partial charge on any atom is 0.484 e. The second-order valence-electron chi connectivity index (χ2n) is 5.90. The highest BCUT2D eigenvalue weighted by atomic mass is 19.4. The monoisotopic (exact) mass is 401 g/mol. The lowest BCUT2D eigenvalue weighted by Crippen LogP contribution is -2.48. The lowest BCUT2D eigenvalue weighted by Gasteiger charge is -2.26. The van der Waals surface area contributed by atoms with Crippen molar-refractivity contribution in [2.45, 2.75) is 44.4 Å². The molecule has 2 heterocycles. The van der Waals surface area contributed by atoms with Crippen molar-refractivity contribution in [1.29, 1.82) is 0 Å². The first kappa shape index (κ1) is 21.0. The third kappa shape index (κ3) is 5.58. The minimum absolute atomic E-state index is 0.189. The molecule has 2 atom stereocenters. The zero-order chi connectivity index (χ0) is 20.4. The molecule has 1 amide bonds. The van der Waals surface area contributed by atoms with E-state index in [0.29, 0.717) is 13.0 Å². The summed E-state index contributed by atoms with van der Waals surface area (Å²) in [5.74, 6) is -3.59. The third-order valence-corrected chi connectivity index (χ3v) is 3.66. The van der Waals surface area contributed by atoms with Gasteiger partial charge in [0.1, 0.15) is 17.7 Å². The van der Waals surface area contributed by atoms with Gasteiger partial charge in [-0.3, -0.25) is 10.1 Å². The molecule has 1 aliphatic rings. The zero-order valence-corrected chi connectivity index (χ0v) is 14.0. The summed E-state index contributed by atoms with van der Waals surface area (Å²) in [6, 6.07) is -0.437. The highest BCUT2D eigenvalue weighted by molar-refractivity contribution is 5.86. The maximum absolute atomic E-state index is 13.1. The van der Waals surface area contributed by atoms with Crippen molar-refractivity contribution in [2.75, 3.05) is 23.3 Å². The fourth-order valence-electron chi connectivity index (χ4n) is 2.59. The molecule has 13 heteroatoms. The number of nitrogens with zero attached hydrogens (tertiary/aromatic N) is 3. The molecule has 0 unspecified atom stereocenters. The van der Waals surface area contributed by atoms with E-state index in [1.807, 2.05) is 0 Å². The van der Waals surface area contributed by atoms with Crippen LogP contribution in [-0.2, 0) is 11.0 Å². The smallest absolute Gasteiger partial charge is 0.391 e. The number of anilines is 2. The van der Waals surface area contributed by atoms with Gasteiger partial charge in [-0.15, -0.1) is 0 Å². The number of carbonyl (C=O) groups excluding carboxylic acids is 1. The Labute approximate surface area is 149 Å². The minimum Gasteiger partial charge on any atom is -0.391 e. The van der Waals surface area contributed by atoms with Gasteiger partial charge in [-0.25, -0.2) is 9.97 Å². The van der Waals surface area contributed by atoms with E-state index in [4.69, 9.17) is 0 Å². The number of aliphatic hydroxyl groups is 1. The van der Waals surface area contributed by atoms with Gasteiger partial charge in [-0.1, -0.05) is 6.92 Å². The highest BCUT2D eigenvalue weighted by Gasteiger charge is 2.42. The van der Waals surface area contributed by atoms with Crippen LogP contribution in [0.1, 0.15) is 25.6 Å². The number of halogens is 6. The average Bonchev–Trinajstić information content (AvgIpc) is 2.92. The summed E-state index contributed by atoms with van der Waals surface area (Å²) in [6.07, 6.45) is -10.9. The minimum atomic E-state index is -5.01. The highest BCUT2D eigenvalue weighted by Crippen LogP contribution is 2.32. The standard InChI is InChI=1S/C14H17F6N5O2/c1-2-3-21-9-5-10(23-12(22-9)13(15,16)17)25-6-7(26)4-8(25)11(27)24-14(18,19)20/h5,7-8,26H,2-4,6H2,1H3,(H,24,27)(H,21,22,23)/t7-,8-/m0/s1. The number of aromatic nitrogens is 2. The second-order valence-corrected chi connectivity index (χ2v) is 5.90. The second kappa shape index (κ2) is 7.74.